The molecule has 0 aliphatic heterocycles. The van der Waals surface area contributed by atoms with Gasteiger partial charge in [0.2, 0.25) is 0 Å². The third-order valence-corrected chi connectivity index (χ3v) is 5.18. The van der Waals surface area contributed by atoms with E-state index >= 15 is 0 Å². The van der Waals surface area contributed by atoms with Crippen LogP contribution in [-0.2, 0) is 6.54 Å². The summed E-state index contributed by atoms with van der Waals surface area (Å²) in [7, 11) is 0. The Bertz CT molecular complexity index is 686. The Morgan fingerprint density at radius 3 is 2.67 bits per heavy atom. The van der Waals surface area contributed by atoms with Gasteiger partial charge in [0.15, 0.2) is 5.82 Å². The molecule has 1 N–H and O–H groups in total. The molecule has 0 amide bonds. The lowest BCUT2D eigenvalue weighted by atomic mass is 10.0. The minimum Gasteiger partial charge on any atom is -0.310 e. The van der Waals surface area contributed by atoms with Crippen molar-refractivity contribution in [2.75, 3.05) is 0 Å². The first-order valence-corrected chi connectivity index (χ1v) is 8.27. The van der Waals surface area contributed by atoms with Crippen LogP contribution in [0.25, 0.3) is 11.1 Å². The van der Waals surface area contributed by atoms with Crippen molar-refractivity contribution in [3.8, 4) is 11.1 Å². The normalized spacial score (nSPS) is 14.5. The molecule has 110 valence electrons. The quantitative estimate of drug-likeness (QED) is 0.651. The molecule has 0 unspecified atom stereocenters. The minimum absolute atomic E-state index is 0.0973. The lowest BCUT2D eigenvalue weighted by Crippen LogP contribution is -2.15. The lowest BCUT2D eigenvalue weighted by molar-refractivity contribution is 0.631. The fraction of sp³-hybridized carbons (Fsp3) is 0.250. The van der Waals surface area contributed by atoms with E-state index in [1.165, 1.54) is 12.8 Å². The van der Waals surface area contributed by atoms with Crippen LogP contribution in [0.2, 0.25) is 10.0 Å². The van der Waals surface area contributed by atoms with Crippen LogP contribution in [-0.4, -0.2) is 6.04 Å². The summed E-state index contributed by atoms with van der Waals surface area (Å²) in [5.41, 5.74) is 2.23. The van der Waals surface area contributed by atoms with Gasteiger partial charge in [-0.05, 0) is 58.1 Å². The maximum absolute atomic E-state index is 14.3. The van der Waals surface area contributed by atoms with Crippen LogP contribution in [0.3, 0.4) is 0 Å². The summed E-state index contributed by atoms with van der Waals surface area (Å²) >= 11 is 15.4. The molecule has 1 aliphatic rings. The second-order valence-electron chi connectivity index (χ2n) is 5.18. The summed E-state index contributed by atoms with van der Waals surface area (Å²) in [6.07, 6.45) is 2.43. The molecule has 0 saturated heterocycles. The average Bonchev–Trinajstić information content (AvgIpc) is 3.29. The van der Waals surface area contributed by atoms with Gasteiger partial charge in [0.05, 0.1) is 5.02 Å². The molecule has 1 fully saturated rings. The highest BCUT2D eigenvalue weighted by atomic mass is 79.9. The van der Waals surface area contributed by atoms with Crippen LogP contribution in [0.5, 0.6) is 0 Å². The maximum atomic E-state index is 14.3. The Hall–Kier alpha value is -0.610. The number of halogens is 4. The first kappa shape index (κ1) is 15.3. The van der Waals surface area contributed by atoms with Crippen molar-refractivity contribution in [2.45, 2.75) is 25.4 Å². The highest BCUT2D eigenvalue weighted by Gasteiger charge is 2.20. The van der Waals surface area contributed by atoms with Gasteiger partial charge in [-0.3, -0.25) is 0 Å². The van der Waals surface area contributed by atoms with Gasteiger partial charge in [0, 0.05) is 27.6 Å². The van der Waals surface area contributed by atoms with Crippen LogP contribution < -0.4 is 5.32 Å². The molecule has 1 nitrogen and oxygen atoms in total. The first-order valence-electron chi connectivity index (χ1n) is 6.72. The van der Waals surface area contributed by atoms with E-state index < -0.39 is 5.82 Å². The molecule has 0 atom stereocenters. The number of benzene rings is 2. The standard InChI is InChI=1S/C16H13BrCl2FN/c17-13-5-4-12(16(20)15(13)19)9-1-6-14(18)10(7-9)8-21-11-2-3-11/h1,4-7,11,21H,2-3,8H2. The van der Waals surface area contributed by atoms with Gasteiger partial charge in [-0.15, -0.1) is 0 Å². The number of rotatable bonds is 4. The third-order valence-electron chi connectivity index (χ3n) is 3.55. The van der Waals surface area contributed by atoms with Gasteiger partial charge in [0.25, 0.3) is 0 Å². The Labute approximate surface area is 141 Å². The molecule has 2 aromatic carbocycles. The monoisotopic (exact) mass is 387 g/mol. The molecule has 0 spiro atoms. The second kappa shape index (κ2) is 6.25. The average molecular weight is 389 g/mol. The molecular formula is C16H13BrCl2FN. The summed E-state index contributed by atoms with van der Waals surface area (Å²) in [6, 6.07) is 9.59. The van der Waals surface area contributed by atoms with Crippen LogP contribution in [0.4, 0.5) is 4.39 Å². The van der Waals surface area contributed by atoms with E-state index in [1.807, 2.05) is 12.1 Å². The van der Waals surface area contributed by atoms with Crippen LogP contribution in [0.15, 0.2) is 34.8 Å². The molecule has 1 saturated carbocycles. The first-order chi connectivity index (χ1) is 10.1. The summed E-state index contributed by atoms with van der Waals surface area (Å²) in [6.45, 7) is 0.698. The SMILES string of the molecule is Fc1c(-c2ccc(Cl)c(CNC3CC3)c2)ccc(Br)c1Cl. The zero-order chi connectivity index (χ0) is 15.0. The van der Waals surface area contributed by atoms with Gasteiger partial charge in [-0.2, -0.15) is 0 Å². The number of hydrogen-bond acceptors (Lipinski definition) is 1. The van der Waals surface area contributed by atoms with E-state index in [0.29, 0.717) is 27.6 Å². The molecule has 0 bridgehead atoms. The van der Waals surface area contributed by atoms with E-state index in [0.717, 1.165) is 11.1 Å². The van der Waals surface area contributed by atoms with E-state index in [1.54, 1.807) is 18.2 Å². The molecule has 3 rings (SSSR count). The van der Waals surface area contributed by atoms with Gasteiger partial charge in [0.1, 0.15) is 0 Å². The predicted octanol–water partition coefficient (Wildman–Crippen LogP) is 5.81. The van der Waals surface area contributed by atoms with E-state index in [4.69, 9.17) is 23.2 Å². The zero-order valence-corrected chi connectivity index (χ0v) is 14.2. The van der Waals surface area contributed by atoms with Crippen molar-refractivity contribution in [3.05, 3.63) is 56.2 Å². The fourth-order valence-electron chi connectivity index (χ4n) is 2.17. The van der Waals surface area contributed by atoms with Crippen molar-refractivity contribution < 1.29 is 4.39 Å². The van der Waals surface area contributed by atoms with Gasteiger partial charge in [-0.25, -0.2) is 4.39 Å². The summed E-state index contributed by atoms with van der Waals surface area (Å²) in [5.74, 6) is -0.422. The molecule has 21 heavy (non-hydrogen) atoms. The molecule has 0 heterocycles. The maximum Gasteiger partial charge on any atom is 0.150 e. The van der Waals surface area contributed by atoms with Crippen LogP contribution in [0.1, 0.15) is 18.4 Å². The fourth-order valence-corrected chi connectivity index (χ4v) is 2.82. The molecule has 0 aromatic heterocycles. The van der Waals surface area contributed by atoms with Crippen molar-refractivity contribution in [2.24, 2.45) is 0 Å². The van der Waals surface area contributed by atoms with Gasteiger partial charge in [-0.1, -0.05) is 35.3 Å². The molecular weight excluding hydrogens is 376 g/mol. The topological polar surface area (TPSA) is 12.0 Å². The van der Waals surface area contributed by atoms with E-state index in [9.17, 15) is 4.39 Å². The van der Waals surface area contributed by atoms with Crippen molar-refractivity contribution >= 4 is 39.1 Å². The van der Waals surface area contributed by atoms with Gasteiger partial charge < -0.3 is 5.32 Å². The van der Waals surface area contributed by atoms with Crippen LogP contribution in [0, 0.1) is 5.82 Å². The van der Waals surface area contributed by atoms with E-state index in [2.05, 4.69) is 21.2 Å². The highest BCUT2D eigenvalue weighted by Crippen LogP contribution is 2.34. The van der Waals surface area contributed by atoms with E-state index in [-0.39, 0.29) is 5.02 Å². The van der Waals surface area contributed by atoms with Crippen LogP contribution >= 0.6 is 39.1 Å². The molecule has 0 radical (unpaired) electrons. The molecule has 2 aromatic rings. The van der Waals surface area contributed by atoms with Crippen molar-refractivity contribution in [1.82, 2.24) is 5.32 Å². The minimum atomic E-state index is -0.422. The second-order valence-corrected chi connectivity index (χ2v) is 6.82. The zero-order valence-electron chi connectivity index (χ0n) is 11.1. The number of nitrogens with one attached hydrogen (secondary N) is 1. The van der Waals surface area contributed by atoms with Gasteiger partial charge >= 0.3 is 0 Å². The largest absolute Gasteiger partial charge is 0.310 e. The summed E-state index contributed by atoms with van der Waals surface area (Å²) < 4.78 is 14.8. The Morgan fingerprint density at radius 2 is 1.95 bits per heavy atom. The van der Waals surface area contributed by atoms with Crippen molar-refractivity contribution in [3.63, 3.8) is 0 Å². The Morgan fingerprint density at radius 1 is 1.19 bits per heavy atom. The smallest absolute Gasteiger partial charge is 0.150 e. The Balaban J connectivity index is 1.94. The van der Waals surface area contributed by atoms with Crippen molar-refractivity contribution in [1.29, 1.82) is 0 Å². The molecule has 5 heteroatoms. The molecule has 1 aliphatic carbocycles. The Kier molecular flexibility index (Phi) is 4.55. The number of hydrogen-bond donors (Lipinski definition) is 1. The third kappa shape index (κ3) is 3.42. The summed E-state index contributed by atoms with van der Waals surface area (Å²) in [5, 5.41) is 4.20. The lowest BCUT2D eigenvalue weighted by Gasteiger charge is -2.11. The highest BCUT2D eigenvalue weighted by molar-refractivity contribution is 9.10. The predicted molar refractivity (Wildman–Crippen MR) is 89.4 cm³/mol. The summed E-state index contributed by atoms with van der Waals surface area (Å²) in [4.78, 5) is 0.